The molecule has 17 heavy (non-hydrogen) atoms. The van der Waals surface area contributed by atoms with Crippen LogP contribution in [0.4, 0.5) is 4.79 Å². The van der Waals surface area contributed by atoms with Crippen LogP contribution in [0, 0.1) is 0 Å². The monoisotopic (exact) mass is 296 g/mol. The molecule has 2 N–H and O–H groups in total. The topological polar surface area (TPSA) is 41.1 Å². The first-order valence-electron chi connectivity index (χ1n) is 5.61. The number of hydrogen-bond donors (Lipinski definition) is 2. The van der Waals surface area contributed by atoms with Crippen molar-refractivity contribution in [1.82, 2.24) is 10.6 Å². The van der Waals surface area contributed by atoms with Crippen molar-refractivity contribution in [1.29, 1.82) is 0 Å². The van der Waals surface area contributed by atoms with Gasteiger partial charge in [-0.05, 0) is 37.1 Å². The molecule has 92 valence electrons. The largest absolute Gasteiger partial charge is 0.335 e. The molecule has 1 rings (SSSR count). The number of nitrogens with one attached hydrogen (secondary N) is 2. The minimum Gasteiger partial charge on any atom is -0.335 e. The lowest BCUT2D eigenvalue weighted by atomic mass is 10.2. The minimum atomic E-state index is -0.175. The Kier molecular flexibility index (Phi) is 5.77. The van der Waals surface area contributed by atoms with E-state index in [9.17, 15) is 4.79 Å². The average molecular weight is 297 g/mol. The Balaban J connectivity index is 2.42. The normalized spacial score (nSPS) is 12.4. The summed E-state index contributed by atoms with van der Waals surface area (Å²) in [4.78, 5) is 11.4. The predicted octanol–water partition coefficient (Wildman–Crippen LogP) is 3.52. The molecule has 0 bridgehead atoms. The van der Waals surface area contributed by atoms with Gasteiger partial charge >= 0.3 is 6.03 Å². The minimum absolute atomic E-state index is 0.175. The first-order valence-corrected chi connectivity index (χ1v) is 6.40. The van der Waals surface area contributed by atoms with Gasteiger partial charge in [0.15, 0.2) is 0 Å². The smallest absolute Gasteiger partial charge is 0.318 e. The van der Waals surface area contributed by atoms with Crippen LogP contribution in [0.5, 0.6) is 0 Å². The summed E-state index contributed by atoms with van der Waals surface area (Å²) in [6.45, 7) is 4.00. The fourth-order valence-corrected chi connectivity index (χ4v) is 1.61. The Hall–Kier alpha value is -1.29. The summed E-state index contributed by atoms with van der Waals surface area (Å²) in [6, 6.07) is 7.86. The first-order chi connectivity index (χ1) is 8.11. The van der Waals surface area contributed by atoms with E-state index >= 15 is 0 Å². The van der Waals surface area contributed by atoms with Crippen molar-refractivity contribution in [3.05, 3.63) is 40.5 Å². The van der Waals surface area contributed by atoms with Gasteiger partial charge < -0.3 is 10.6 Å². The van der Waals surface area contributed by atoms with Crippen molar-refractivity contribution in [3.63, 3.8) is 0 Å². The Morgan fingerprint density at radius 1 is 1.53 bits per heavy atom. The van der Waals surface area contributed by atoms with Crippen LogP contribution >= 0.6 is 15.9 Å². The fourth-order valence-electron chi connectivity index (χ4n) is 1.19. The van der Waals surface area contributed by atoms with Gasteiger partial charge in [0.1, 0.15) is 0 Å². The number of halogens is 1. The van der Waals surface area contributed by atoms with E-state index in [2.05, 4.69) is 26.6 Å². The van der Waals surface area contributed by atoms with Crippen molar-refractivity contribution in [3.8, 4) is 0 Å². The summed E-state index contributed by atoms with van der Waals surface area (Å²) < 4.78 is 1.02. The summed E-state index contributed by atoms with van der Waals surface area (Å²) in [5.41, 5.74) is 1.03. The molecule has 1 aromatic carbocycles. The van der Waals surface area contributed by atoms with E-state index in [1.54, 1.807) is 6.20 Å². The molecule has 2 amide bonds. The molecule has 0 saturated heterocycles. The molecule has 0 aromatic heterocycles. The van der Waals surface area contributed by atoms with Gasteiger partial charge in [-0.1, -0.05) is 35.0 Å². The molecule has 0 aliphatic carbocycles. The molecule has 1 atom stereocenters. The molecule has 1 unspecified atom stereocenters. The summed E-state index contributed by atoms with van der Waals surface area (Å²) in [6.07, 6.45) is 4.41. The van der Waals surface area contributed by atoms with Gasteiger partial charge in [0.25, 0.3) is 0 Å². The van der Waals surface area contributed by atoms with Gasteiger partial charge in [0.2, 0.25) is 0 Å². The second kappa shape index (κ2) is 7.12. The summed E-state index contributed by atoms with van der Waals surface area (Å²) in [7, 11) is 0. The van der Waals surface area contributed by atoms with Crippen molar-refractivity contribution >= 4 is 28.0 Å². The van der Waals surface area contributed by atoms with Crippen LogP contribution < -0.4 is 10.6 Å². The highest BCUT2D eigenvalue weighted by atomic mass is 79.9. The number of hydrogen-bond acceptors (Lipinski definition) is 1. The highest BCUT2D eigenvalue weighted by Gasteiger charge is 2.01. The van der Waals surface area contributed by atoms with Gasteiger partial charge in [-0.2, -0.15) is 0 Å². The van der Waals surface area contributed by atoms with Crippen LogP contribution in [0.2, 0.25) is 0 Å². The third kappa shape index (κ3) is 5.54. The number of carbonyl (C=O) groups is 1. The van der Waals surface area contributed by atoms with Crippen molar-refractivity contribution in [2.24, 2.45) is 0 Å². The van der Waals surface area contributed by atoms with Gasteiger partial charge in [0.05, 0.1) is 0 Å². The van der Waals surface area contributed by atoms with Crippen molar-refractivity contribution in [2.75, 3.05) is 0 Å². The molecule has 0 aliphatic heterocycles. The highest BCUT2D eigenvalue weighted by Crippen LogP contribution is 2.12. The first kappa shape index (κ1) is 13.8. The molecule has 0 spiro atoms. The molecular weight excluding hydrogens is 280 g/mol. The van der Waals surface area contributed by atoms with E-state index in [1.807, 2.05) is 44.2 Å². The molecule has 0 heterocycles. The Morgan fingerprint density at radius 2 is 2.29 bits per heavy atom. The van der Waals surface area contributed by atoms with E-state index in [-0.39, 0.29) is 12.1 Å². The lowest BCUT2D eigenvalue weighted by Gasteiger charge is -2.10. The van der Waals surface area contributed by atoms with E-state index in [0.717, 1.165) is 16.5 Å². The number of carbonyl (C=O) groups excluding carboxylic acids is 1. The molecule has 1 aromatic rings. The lowest BCUT2D eigenvalue weighted by Crippen LogP contribution is -2.38. The van der Waals surface area contributed by atoms with Crippen molar-refractivity contribution in [2.45, 2.75) is 26.3 Å². The summed E-state index contributed by atoms with van der Waals surface area (Å²) in [5, 5.41) is 5.49. The maximum Gasteiger partial charge on any atom is 0.318 e. The number of urea groups is 1. The molecule has 3 nitrogen and oxygen atoms in total. The molecule has 0 aliphatic rings. The zero-order chi connectivity index (χ0) is 12.7. The molecule has 0 radical (unpaired) electrons. The summed E-state index contributed by atoms with van der Waals surface area (Å²) in [5.74, 6) is 0. The van der Waals surface area contributed by atoms with Crippen molar-refractivity contribution < 1.29 is 4.79 Å². The van der Waals surface area contributed by atoms with Gasteiger partial charge in [-0.3, -0.25) is 0 Å². The van der Waals surface area contributed by atoms with Gasteiger partial charge in [-0.25, -0.2) is 4.79 Å². The quantitative estimate of drug-likeness (QED) is 0.877. The summed E-state index contributed by atoms with van der Waals surface area (Å²) >= 11 is 3.39. The van der Waals surface area contributed by atoms with Gasteiger partial charge in [0, 0.05) is 16.7 Å². The molecular formula is C13H17BrN2O. The van der Waals surface area contributed by atoms with Crippen LogP contribution in [0.1, 0.15) is 25.8 Å². The highest BCUT2D eigenvalue weighted by molar-refractivity contribution is 9.10. The van der Waals surface area contributed by atoms with E-state index < -0.39 is 0 Å². The predicted molar refractivity (Wildman–Crippen MR) is 74.6 cm³/mol. The number of benzene rings is 1. The SMILES string of the molecule is CCC(C)NC(=O)N/C=C/c1cccc(Br)c1. The Labute approximate surface area is 110 Å². The molecule has 0 saturated carbocycles. The van der Waals surface area contributed by atoms with E-state index in [1.165, 1.54) is 0 Å². The van der Waals surface area contributed by atoms with Crippen LogP contribution in [0.3, 0.4) is 0 Å². The number of rotatable bonds is 4. The fraction of sp³-hybridized carbons (Fsp3) is 0.308. The van der Waals surface area contributed by atoms with E-state index in [0.29, 0.717) is 0 Å². The Morgan fingerprint density at radius 3 is 2.94 bits per heavy atom. The zero-order valence-electron chi connectivity index (χ0n) is 10.0. The van der Waals surface area contributed by atoms with Crippen LogP contribution in [0.25, 0.3) is 6.08 Å². The lowest BCUT2D eigenvalue weighted by molar-refractivity contribution is 0.241. The second-order valence-corrected chi connectivity index (χ2v) is 4.73. The third-order valence-corrected chi connectivity index (χ3v) is 2.82. The van der Waals surface area contributed by atoms with Crippen LogP contribution in [0.15, 0.2) is 34.9 Å². The maximum atomic E-state index is 11.4. The molecule has 0 fully saturated rings. The standard InChI is InChI=1S/C13H17BrN2O/c1-3-10(2)16-13(17)15-8-7-11-5-4-6-12(14)9-11/h4-10H,3H2,1-2H3,(H2,15,16,17)/b8-7+. The Bertz CT molecular complexity index is 404. The number of amides is 2. The molecule has 4 heteroatoms. The maximum absolute atomic E-state index is 11.4. The van der Waals surface area contributed by atoms with Gasteiger partial charge in [-0.15, -0.1) is 0 Å². The average Bonchev–Trinajstić information content (AvgIpc) is 2.29. The third-order valence-electron chi connectivity index (χ3n) is 2.33. The van der Waals surface area contributed by atoms with E-state index in [4.69, 9.17) is 0 Å². The second-order valence-electron chi connectivity index (χ2n) is 3.82. The van der Waals surface area contributed by atoms with Crippen LogP contribution in [-0.2, 0) is 0 Å². The zero-order valence-corrected chi connectivity index (χ0v) is 11.6. The van der Waals surface area contributed by atoms with Crippen LogP contribution in [-0.4, -0.2) is 12.1 Å².